The van der Waals surface area contributed by atoms with Gasteiger partial charge in [0.05, 0.1) is 19.8 Å². The van der Waals surface area contributed by atoms with Crippen molar-refractivity contribution in [2.24, 2.45) is 11.7 Å². The van der Waals surface area contributed by atoms with Gasteiger partial charge in [-0.05, 0) is 25.0 Å². The van der Waals surface area contributed by atoms with Gasteiger partial charge in [-0.25, -0.2) is 0 Å². The predicted molar refractivity (Wildman–Crippen MR) is 79.3 cm³/mol. The van der Waals surface area contributed by atoms with Crippen LogP contribution in [0.15, 0.2) is 18.2 Å². The highest BCUT2D eigenvalue weighted by Gasteiger charge is 2.29. The standard InChI is InChI=1S/C15H24N2O3/c1-10(2)15(3,9-16)17-14(18)11-6-12(19-4)8-13(7-11)20-5/h6-8,10H,9,16H2,1-5H3,(H,17,18). The third kappa shape index (κ3) is 3.63. The molecule has 1 aromatic rings. The van der Waals surface area contributed by atoms with Crippen LogP contribution in [0.1, 0.15) is 31.1 Å². The number of carbonyl (C=O) groups is 1. The molecule has 1 atom stereocenters. The molecular weight excluding hydrogens is 256 g/mol. The average Bonchev–Trinajstić information content (AvgIpc) is 2.45. The Labute approximate surface area is 120 Å². The van der Waals surface area contributed by atoms with Crippen molar-refractivity contribution < 1.29 is 14.3 Å². The van der Waals surface area contributed by atoms with E-state index in [1.807, 2.05) is 20.8 Å². The molecule has 20 heavy (non-hydrogen) atoms. The van der Waals surface area contributed by atoms with Crippen LogP contribution in [0.4, 0.5) is 0 Å². The van der Waals surface area contributed by atoms with Gasteiger partial charge in [-0.15, -0.1) is 0 Å². The van der Waals surface area contributed by atoms with E-state index in [2.05, 4.69) is 5.32 Å². The second kappa shape index (κ2) is 6.61. The Kier molecular flexibility index (Phi) is 5.39. The summed E-state index contributed by atoms with van der Waals surface area (Å²) in [5.74, 6) is 1.19. The molecule has 0 radical (unpaired) electrons. The minimum absolute atomic E-state index is 0.191. The topological polar surface area (TPSA) is 73.6 Å². The average molecular weight is 280 g/mol. The van der Waals surface area contributed by atoms with Crippen molar-refractivity contribution in [1.82, 2.24) is 5.32 Å². The van der Waals surface area contributed by atoms with Crippen LogP contribution in [0.2, 0.25) is 0 Å². The summed E-state index contributed by atoms with van der Waals surface area (Å²) in [6.45, 7) is 6.36. The molecule has 5 nitrogen and oxygen atoms in total. The zero-order valence-electron chi connectivity index (χ0n) is 12.8. The smallest absolute Gasteiger partial charge is 0.252 e. The Bertz CT molecular complexity index is 452. The first-order valence-corrected chi connectivity index (χ1v) is 6.62. The van der Waals surface area contributed by atoms with E-state index in [0.29, 0.717) is 23.6 Å². The minimum atomic E-state index is -0.451. The Morgan fingerprint density at radius 3 is 2.10 bits per heavy atom. The van der Waals surface area contributed by atoms with Crippen molar-refractivity contribution in [3.8, 4) is 11.5 Å². The maximum atomic E-state index is 12.4. The molecule has 112 valence electrons. The van der Waals surface area contributed by atoms with Gasteiger partial charge in [0, 0.05) is 18.2 Å². The van der Waals surface area contributed by atoms with E-state index >= 15 is 0 Å². The highest BCUT2D eigenvalue weighted by atomic mass is 16.5. The van der Waals surface area contributed by atoms with Crippen LogP contribution in [-0.4, -0.2) is 32.2 Å². The highest BCUT2D eigenvalue weighted by Crippen LogP contribution is 2.23. The van der Waals surface area contributed by atoms with E-state index in [1.165, 1.54) is 0 Å². The highest BCUT2D eigenvalue weighted by molar-refractivity contribution is 5.95. The summed E-state index contributed by atoms with van der Waals surface area (Å²) in [4.78, 5) is 12.4. The second-order valence-corrected chi connectivity index (χ2v) is 5.33. The molecule has 0 heterocycles. The zero-order valence-corrected chi connectivity index (χ0v) is 12.8. The number of carbonyl (C=O) groups excluding carboxylic acids is 1. The van der Waals surface area contributed by atoms with E-state index in [0.717, 1.165) is 0 Å². The first kappa shape index (κ1) is 16.3. The fraction of sp³-hybridized carbons (Fsp3) is 0.533. The third-order valence-electron chi connectivity index (χ3n) is 3.71. The molecule has 0 fully saturated rings. The van der Waals surface area contributed by atoms with Crippen molar-refractivity contribution in [2.45, 2.75) is 26.3 Å². The molecule has 5 heteroatoms. The number of nitrogens with two attached hydrogens (primary N) is 1. The molecule has 1 amide bonds. The summed E-state index contributed by atoms with van der Waals surface area (Å²) in [6, 6.07) is 5.07. The molecule has 0 saturated heterocycles. The maximum Gasteiger partial charge on any atom is 0.252 e. The fourth-order valence-electron chi connectivity index (χ4n) is 1.70. The van der Waals surface area contributed by atoms with Crippen molar-refractivity contribution >= 4 is 5.91 Å². The summed E-state index contributed by atoms with van der Waals surface area (Å²) >= 11 is 0. The van der Waals surface area contributed by atoms with E-state index in [4.69, 9.17) is 15.2 Å². The Hall–Kier alpha value is -1.75. The second-order valence-electron chi connectivity index (χ2n) is 5.33. The van der Waals surface area contributed by atoms with Crippen LogP contribution in [0, 0.1) is 5.92 Å². The monoisotopic (exact) mass is 280 g/mol. The molecule has 3 N–H and O–H groups in total. The van der Waals surface area contributed by atoms with Crippen LogP contribution in [-0.2, 0) is 0 Å². The number of amides is 1. The Balaban J connectivity index is 3.03. The SMILES string of the molecule is COc1cc(OC)cc(C(=O)NC(C)(CN)C(C)C)c1. The Morgan fingerprint density at radius 1 is 1.25 bits per heavy atom. The van der Waals surface area contributed by atoms with Crippen molar-refractivity contribution in [1.29, 1.82) is 0 Å². The number of methoxy groups -OCH3 is 2. The first-order valence-electron chi connectivity index (χ1n) is 6.62. The van der Waals surface area contributed by atoms with Gasteiger partial charge >= 0.3 is 0 Å². The number of benzene rings is 1. The molecule has 0 spiro atoms. The number of hydrogen-bond acceptors (Lipinski definition) is 4. The Morgan fingerprint density at radius 2 is 1.75 bits per heavy atom. The van der Waals surface area contributed by atoms with E-state index in [-0.39, 0.29) is 11.8 Å². The van der Waals surface area contributed by atoms with Gasteiger partial charge < -0.3 is 20.5 Å². The van der Waals surface area contributed by atoms with Gasteiger partial charge in [0.1, 0.15) is 11.5 Å². The van der Waals surface area contributed by atoms with Gasteiger partial charge in [-0.3, -0.25) is 4.79 Å². The van der Waals surface area contributed by atoms with Gasteiger partial charge in [0.25, 0.3) is 5.91 Å². The van der Waals surface area contributed by atoms with Gasteiger partial charge in [0.2, 0.25) is 0 Å². The molecular formula is C15H24N2O3. The lowest BCUT2D eigenvalue weighted by Crippen LogP contribution is -2.55. The summed E-state index contributed by atoms with van der Waals surface area (Å²) in [7, 11) is 3.10. The van der Waals surface area contributed by atoms with Crippen LogP contribution >= 0.6 is 0 Å². The fourth-order valence-corrected chi connectivity index (χ4v) is 1.70. The van der Waals surface area contributed by atoms with Crippen molar-refractivity contribution in [2.75, 3.05) is 20.8 Å². The normalized spacial score (nSPS) is 13.8. The molecule has 0 aliphatic heterocycles. The molecule has 0 aromatic heterocycles. The van der Waals surface area contributed by atoms with E-state index < -0.39 is 5.54 Å². The molecule has 1 unspecified atom stereocenters. The summed E-state index contributed by atoms with van der Waals surface area (Å²) in [5, 5.41) is 2.99. The van der Waals surface area contributed by atoms with E-state index in [1.54, 1.807) is 32.4 Å². The summed E-state index contributed by atoms with van der Waals surface area (Å²) in [6.07, 6.45) is 0. The molecule has 0 bridgehead atoms. The van der Waals surface area contributed by atoms with Crippen LogP contribution in [0.25, 0.3) is 0 Å². The summed E-state index contributed by atoms with van der Waals surface area (Å²) in [5.41, 5.74) is 5.82. The zero-order chi connectivity index (χ0) is 15.3. The third-order valence-corrected chi connectivity index (χ3v) is 3.71. The maximum absolute atomic E-state index is 12.4. The molecule has 0 saturated carbocycles. The quantitative estimate of drug-likeness (QED) is 0.833. The lowest BCUT2D eigenvalue weighted by atomic mass is 9.88. The lowest BCUT2D eigenvalue weighted by Gasteiger charge is -2.33. The lowest BCUT2D eigenvalue weighted by molar-refractivity contribution is 0.0882. The number of ether oxygens (including phenoxy) is 2. The molecule has 0 aliphatic rings. The predicted octanol–water partition coefficient (Wildman–Crippen LogP) is 1.81. The number of nitrogens with one attached hydrogen (secondary N) is 1. The largest absolute Gasteiger partial charge is 0.497 e. The van der Waals surface area contributed by atoms with Crippen molar-refractivity contribution in [3.63, 3.8) is 0 Å². The van der Waals surface area contributed by atoms with Gasteiger partial charge in [0.15, 0.2) is 0 Å². The number of hydrogen-bond donors (Lipinski definition) is 2. The van der Waals surface area contributed by atoms with Crippen molar-refractivity contribution in [3.05, 3.63) is 23.8 Å². The van der Waals surface area contributed by atoms with Gasteiger partial charge in [-0.1, -0.05) is 13.8 Å². The summed E-state index contributed by atoms with van der Waals surface area (Å²) < 4.78 is 10.3. The van der Waals surface area contributed by atoms with E-state index in [9.17, 15) is 4.79 Å². The molecule has 1 aromatic carbocycles. The molecule has 1 rings (SSSR count). The number of rotatable bonds is 6. The molecule has 0 aliphatic carbocycles. The van der Waals surface area contributed by atoms with Crippen LogP contribution < -0.4 is 20.5 Å². The first-order chi connectivity index (χ1) is 9.36. The van der Waals surface area contributed by atoms with Crippen LogP contribution in [0.5, 0.6) is 11.5 Å². The minimum Gasteiger partial charge on any atom is -0.497 e. The van der Waals surface area contributed by atoms with Gasteiger partial charge in [-0.2, -0.15) is 0 Å². The van der Waals surface area contributed by atoms with Crippen LogP contribution in [0.3, 0.4) is 0 Å².